The molecule has 0 atom stereocenters. The Morgan fingerprint density at radius 1 is 1.50 bits per heavy atom. The fourth-order valence-corrected chi connectivity index (χ4v) is 0.779. The van der Waals surface area contributed by atoms with Crippen molar-refractivity contribution < 1.29 is 14.3 Å². The van der Waals surface area contributed by atoms with Gasteiger partial charge in [-0.2, -0.15) is 4.99 Å². The van der Waals surface area contributed by atoms with E-state index in [9.17, 15) is 9.59 Å². The fraction of sp³-hybridized carbons (Fsp3) is 0.286. The number of aliphatic imine (C=N–C) groups is 1. The van der Waals surface area contributed by atoms with Gasteiger partial charge in [0.15, 0.2) is 0 Å². The molecular weight excluding hydrogens is 160 g/mol. The van der Waals surface area contributed by atoms with Crippen molar-refractivity contribution in [1.82, 2.24) is 4.90 Å². The molecule has 1 rings (SSSR count). The van der Waals surface area contributed by atoms with Gasteiger partial charge in [0.1, 0.15) is 0 Å². The van der Waals surface area contributed by atoms with E-state index in [1.807, 2.05) is 0 Å². The molecule has 5 nitrogen and oxygen atoms in total. The van der Waals surface area contributed by atoms with E-state index in [2.05, 4.69) is 16.3 Å². The van der Waals surface area contributed by atoms with Crippen LogP contribution >= 0.6 is 0 Å². The SMILES string of the molecule is C=C1C(=O)N(C)C(=O)N=C1OC. The zero-order valence-electron chi connectivity index (χ0n) is 6.83. The van der Waals surface area contributed by atoms with Gasteiger partial charge in [-0.05, 0) is 0 Å². The van der Waals surface area contributed by atoms with Crippen LogP contribution in [0.3, 0.4) is 0 Å². The average molecular weight is 168 g/mol. The quantitative estimate of drug-likeness (QED) is 0.485. The van der Waals surface area contributed by atoms with Gasteiger partial charge in [0.25, 0.3) is 5.91 Å². The lowest BCUT2D eigenvalue weighted by atomic mass is 10.2. The number of urea groups is 1. The van der Waals surface area contributed by atoms with Crippen LogP contribution < -0.4 is 0 Å². The van der Waals surface area contributed by atoms with E-state index in [0.29, 0.717) is 0 Å². The number of hydrogen-bond donors (Lipinski definition) is 0. The smallest absolute Gasteiger partial charge is 0.353 e. The Morgan fingerprint density at radius 2 is 2.08 bits per heavy atom. The van der Waals surface area contributed by atoms with Gasteiger partial charge in [-0.15, -0.1) is 0 Å². The Labute approximate surface area is 69.3 Å². The first-order valence-electron chi connectivity index (χ1n) is 3.22. The molecule has 1 aliphatic heterocycles. The average Bonchev–Trinajstić information content (AvgIpc) is 2.08. The van der Waals surface area contributed by atoms with Crippen LogP contribution in [0.4, 0.5) is 4.79 Å². The molecule has 0 N–H and O–H groups in total. The first-order valence-corrected chi connectivity index (χ1v) is 3.22. The second-order valence-corrected chi connectivity index (χ2v) is 2.25. The minimum atomic E-state index is -0.635. The molecule has 0 saturated carbocycles. The Bertz CT molecular complexity index is 293. The molecule has 12 heavy (non-hydrogen) atoms. The number of carbonyl (C=O) groups is 2. The van der Waals surface area contributed by atoms with E-state index in [0.717, 1.165) is 4.90 Å². The van der Waals surface area contributed by atoms with E-state index in [-0.39, 0.29) is 11.5 Å². The van der Waals surface area contributed by atoms with Crippen LogP contribution in [0, 0.1) is 0 Å². The maximum Gasteiger partial charge on any atom is 0.353 e. The summed E-state index contributed by atoms with van der Waals surface area (Å²) in [5.74, 6) is -0.491. The van der Waals surface area contributed by atoms with Crippen LogP contribution in [-0.4, -0.2) is 36.9 Å². The summed E-state index contributed by atoms with van der Waals surface area (Å²) >= 11 is 0. The number of methoxy groups -OCH3 is 1. The molecule has 0 unspecified atom stereocenters. The van der Waals surface area contributed by atoms with Gasteiger partial charge in [-0.25, -0.2) is 4.79 Å². The van der Waals surface area contributed by atoms with Gasteiger partial charge in [0, 0.05) is 7.05 Å². The Balaban J connectivity index is 3.08. The first kappa shape index (κ1) is 8.45. The number of nitrogens with zero attached hydrogens (tertiary/aromatic N) is 2. The number of carbonyl (C=O) groups excluding carboxylic acids is 2. The van der Waals surface area contributed by atoms with E-state index in [1.165, 1.54) is 14.2 Å². The minimum absolute atomic E-state index is 0.0110. The summed E-state index contributed by atoms with van der Waals surface area (Å²) in [6.07, 6.45) is 0. The van der Waals surface area contributed by atoms with Crippen molar-refractivity contribution in [2.45, 2.75) is 0 Å². The fourth-order valence-electron chi connectivity index (χ4n) is 0.779. The largest absolute Gasteiger partial charge is 0.480 e. The summed E-state index contributed by atoms with van der Waals surface area (Å²) in [7, 11) is 2.67. The number of rotatable bonds is 0. The van der Waals surface area contributed by atoms with Gasteiger partial charge in [-0.3, -0.25) is 9.69 Å². The number of likely N-dealkylation sites (N-methyl/N-ethyl adjacent to an activating group) is 1. The molecule has 0 aromatic heterocycles. The Morgan fingerprint density at radius 3 is 2.58 bits per heavy atom. The molecule has 0 radical (unpaired) electrons. The Kier molecular flexibility index (Phi) is 1.95. The first-order chi connectivity index (χ1) is 5.57. The van der Waals surface area contributed by atoms with Gasteiger partial charge < -0.3 is 4.74 Å². The third-order valence-electron chi connectivity index (χ3n) is 1.50. The van der Waals surface area contributed by atoms with Crippen molar-refractivity contribution in [3.63, 3.8) is 0 Å². The van der Waals surface area contributed by atoms with Gasteiger partial charge >= 0.3 is 6.03 Å². The highest BCUT2D eigenvalue weighted by molar-refractivity contribution is 6.26. The molecular formula is C7H8N2O3. The second kappa shape index (κ2) is 2.77. The van der Waals surface area contributed by atoms with E-state index in [1.54, 1.807) is 0 Å². The second-order valence-electron chi connectivity index (χ2n) is 2.25. The highest BCUT2D eigenvalue weighted by Crippen LogP contribution is 2.09. The van der Waals surface area contributed by atoms with Crippen LogP contribution in [-0.2, 0) is 9.53 Å². The van der Waals surface area contributed by atoms with Crippen molar-refractivity contribution in [3.8, 4) is 0 Å². The molecule has 64 valence electrons. The summed E-state index contributed by atoms with van der Waals surface area (Å²) in [5, 5.41) is 0. The normalized spacial score (nSPS) is 18.0. The summed E-state index contributed by atoms with van der Waals surface area (Å²) < 4.78 is 4.67. The molecule has 0 saturated heterocycles. The van der Waals surface area contributed by atoms with E-state index in [4.69, 9.17) is 0 Å². The lowest BCUT2D eigenvalue weighted by molar-refractivity contribution is -0.123. The molecule has 0 aromatic carbocycles. The van der Waals surface area contributed by atoms with Crippen molar-refractivity contribution in [3.05, 3.63) is 12.2 Å². The minimum Gasteiger partial charge on any atom is -0.480 e. The van der Waals surface area contributed by atoms with Crippen molar-refractivity contribution >= 4 is 17.8 Å². The van der Waals surface area contributed by atoms with Gasteiger partial charge in [0.2, 0.25) is 5.90 Å². The third-order valence-corrected chi connectivity index (χ3v) is 1.50. The topological polar surface area (TPSA) is 59.0 Å². The third kappa shape index (κ3) is 1.09. The summed E-state index contributed by atoms with van der Waals surface area (Å²) in [4.78, 5) is 26.4. The lowest BCUT2D eigenvalue weighted by Crippen LogP contribution is -2.39. The van der Waals surface area contributed by atoms with E-state index >= 15 is 0 Å². The molecule has 0 aliphatic carbocycles. The standard InChI is InChI=1S/C7H8N2O3/c1-4-5(12-3)8-7(11)9(2)6(4)10/h1H2,2-3H3. The van der Waals surface area contributed by atoms with Crippen molar-refractivity contribution in [2.24, 2.45) is 4.99 Å². The summed E-state index contributed by atoms with van der Waals surface area (Å²) in [6.45, 7) is 3.43. The molecule has 0 aromatic rings. The van der Waals surface area contributed by atoms with Gasteiger partial charge in [0.05, 0.1) is 12.7 Å². The van der Waals surface area contributed by atoms with Crippen LogP contribution in [0.5, 0.6) is 0 Å². The van der Waals surface area contributed by atoms with Crippen LogP contribution in [0.15, 0.2) is 17.1 Å². The molecule has 0 spiro atoms. The summed E-state index contributed by atoms with van der Waals surface area (Å²) in [6, 6.07) is -0.635. The van der Waals surface area contributed by atoms with E-state index < -0.39 is 11.9 Å². The Hall–Kier alpha value is -1.65. The van der Waals surface area contributed by atoms with Crippen molar-refractivity contribution in [2.75, 3.05) is 14.2 Å². The van der Waals surface area contributed by atoms with Crippen molar-refractivity contribution in [1.29, 1.82) is 0 Å². The highest BCUT2D eigenvalue weighted by Gasteiger charge is 2.29. The molecule has 0 fully saturated rings. The zero-order valence-corrected chi connectivity index (χ0v) is 6.83. The highest BCUT2D eigenvalue weighted by atomic mass is 16.5. The number of imide groups is 1. The van der Waals surface area contributed by atoms with Crippen LogP contribution in [0.2, 0.25) is 0 Å². The van der Waals surface area contributed by atoms with Crippen LogP contribution in [0.25, 0.3) is 0 Å². The molecule has 5 heteroatoms. The molecule has 3 amide bonds. The summed E-state index contributed by atoms with van der Waals surface area (Å²) in [5.41, 5.74) is 0.0969. The molecule has 1 heterocycles. The molecule has 0 bridgehead atoms. The maximum atomic E-state index is 11.1. The monoisotopic (exact) mass is 168 g/mol. The number of hydrogen-bond acceptors (Lipinski definition) is 3. The number of ether oxygens (including phenoxy) is 1. The van der Waals surface area contributed by atoms with Gasteiger partial charge in [-0.1, -0.05) is 6.58 Å². The number of amides is 3. The lowest BCUT2D eigenvalue weighted by Gasteiger charge is -2.19. The zero-order chi connectivity index (χ0) is 9.30. The predicted molar refractivity (Wildman–Crippen MR) is 41.8 cm³/mol. The van der Waals surface area contributed by atoms with Crippen LogP contribution in [0.1, 0.15) is 0 Å². The predicted octanol–water partition coefficient (Wildman–Crippen LogP) is 0.179. The molecule has 1 aliphatic rings. The maximum absolute atomic E-state index is 11.1.